The first-order valence-corrected chi connectivity index (χ1v) is 6.39. The van der Waals surface area contributed by atoms with Gasteiger partial charge in [-0.25, -0.2) is 0 Å². The number of nitrogens with zero attached hydrogens (tertiary/aromatic N) is 1. The lowest BCUT2D eigenvalue weighted by atomic mass is 10.0. The van der Waals surface area contributed by atoms with Crippen molar-refractivity contribution in [2.24, 2.45) is 11.8 Å². The predicted molar refractivity (Wildman–Crippen MR) is 71.9 cm³/mol. The van der Waals surface area contributed by atoms with Crippen LogP contribution in [0.15, 0.2) is 18.2 Å². The number of nitrogens with one attached hydrogen (secondary N) is 1. The minimum absolute atomic E-state index is 0.0482. The molecule has 112 valence electrons. The summed E-state index contributed by atoms with van der Waals surface area (Å²) in [5, 5.41) is 31.6. The minimum Gasteiger partial charge on any atom is -0.506 e. The fourth-order valence-electron chi connectivity index (χ4n) is 2.42. The molecule has 1 aliphatic rings. The van der Waals surface area contributed by atoms with Crippen molar-refractivity contribution in [3.05, 3.63) is 28.3 Å². The van der Waals surface area contributed by atoms with Crippen LogP contribution >= 0.6 is 0 Å². The summed E-state index contributed by atoms with van der Waals surface area (Å²) in [5.41, 5.74) is -0.300. The summed E-state index contributed by atoms with van der Waals surface area (Å²) in [7, 11) is 0. The van der Waals surface area contributed by atoms with Crippen LogP contribution in [0.5, 0.6) is 5.75 Å². The molecule has 2 unspecified atom stereocenters. The van der Waals surface area contributed by atoms with Crippen LogP contribution in [0.2, 0.25) is 0 Å². The summed E-state index contributed by atoms with van der Waals surface area (Å²) >= 11 is 0. The number of carboxylic acids is 1. The maximum Gasteiger partial charge on any atom is 0.306 e. The first-order chi connectivity index (χ1) is 9.88. The van der Waals surface area contributed by atoms with Gasteiger partial charge in [0.05, 0.1) is 16.5 Å². The average Bonchev–Trinajstić information content (AvgIpc) is 2.90. The lowest BCUT2D eigenvalue weighted by molar-refractivity contribution is -0.384. The lowest BCUT2D eigenvalue weighted by Crippen LogP contribution is -2.21. The van der Waals surface area contributed by atoms with Crippen molar-refractivity contribution in [2.75, 3.05) is 5.32 Å². The molecule has 1 fully saturated rings. The number of phenols is 1. The van der Waals surface area contributed by atoms with E-state index in [0.29, 0.717) is 12.8 Å². The van der Waals surface area contributed by atoms with Crippen LogP contribution in [0, 0.1) is 22.0 Å². The fourth-order valence-corrected chi connectivity index (χ4v) is 2.42. The highest BCUT2D eigenvalue weighted by molar-refractivity contribution is 5.94. The third-order valence-electron chi connectivity index (χ3n) is 3.60. The molecule has 1 aromatic carbocycles. The quantitative estimate of drug-likeness (QED) is 0.440. The Hall–Kier alpha value is -2.64. The van der Waals surface area contributed by atoms with Crippen molar-refractivity contribution >= 4 is 23.3 Å². The number of non-ortho nitro benzene ring substituents is 1. The number of nitro benzene ring substituents is 1. The number of carbonyl (C=O) groups is 2. The van der Waals surface area contributed by atoms with Gasteiger partial charge in [-0.3, -0.25) is 19.7 Å². The van der Waals surface area contributed by atoms with Crippen molar-refractivity contribution in [1.29, 1.82) is 0 Å². The molecule has 0 heterocycles. The highest BCUT2D eigenvalue weighted by Crippen LogP contribution is 2.33. The molecule has 1 amide bonds. The standard InChI is InChI=1S/C13H14N2O6/c16-11-4-3-9(15(20)21)6-10(11)14-12(17)7-1-2-8(5-7)13(18)19/h3-4,6-8,16H,1-2,5H2,(H,14,17)(H,18,19). The number of rotatable bonds is 4. The third kappa shape index (κ3) is 3.28. The Morgan fingerprint density at radius 2 is 1.95 bits per heavy atom. The summed E-state index contributed by atoms with van der Waals surface area (Å²) in [4.78, 5) is 32.9. The van der Waals surface area contributed by atoms with Crippen LogP contribution in [-0.4, -0.2) is 27.0 Å². The zero-order valence-corrected chi connectivity index (χ0v) is 11.0. The molecule has 0 aromatic heterocycles. The number of hydrogen-bond donors (Lipinski definition) is 3. The van der Waals surface area contributed by atoms with E-state index in [-0.39, 0.29) is 23.5 Å². The van der Waals surface area contributed by atoms with E-state index in [0.717, 1.165) is 18.2 Å². The molecule has 1 aromatic rings. The van der Waals surface area contributed by atoms with E-state index >= 15 is 0 Å². The number of aromatic hydroxyl groups is 1. The summed E-state index contributed by atoms with van der Waals surface area (Å²) in [6, 6.07) is 3.32. The summed E-state index contributed by atoms with van der Waals surface area (Å²) in [5.74, 6) is -2.65. The van der Waals surface area contributed by atoms with Gasteiger partial charge in [0.25, 0.3) is 5.69 Å². The Bertz CT molecular complexity index is 600. The number of hydrogen-bond acceptors (Lipinski definition) is 5. The number of phenolic OH excluding ortho intramolecular Hbond substituents is 1. The van der Waals surface area contributed by atoms with Crippen molar-refractivity contribution in [1.82, 2.24) is 0 Å². The van der Waals surface area contributed by atoms with Gasteiger partial charge < -0.3 is 15.5 Å². The second-order valence-electron chi connectivity index (χ2n) is 4.99. The molecule has 1 saturated carbocycles. The molecule has 2 rings (SSSR count). The van der Waals surface area contributed by atoms with E-state index in [4.69, 9.17) is 5.11 Å². The normalized spacial score (nSPS) is 21.0. The number of carbonyl (C=O) groups excluding carboxylic acids is 1. The van der Waals surface area contributed by atoms with Crippen LogP contribution < -0.4 is 5.32 Å². The second-order valence-corrected chi connectivity index (χ2v) is 4.99. The Morgan fingerprint density at radius 1 is 1.29 bits per heavy atom. The molecule has 0 radical (unpaired) electrons. The van der Waals surface area contributed by atoms with E-state index < -0.39 is 28.6 Å². The van der Waals surface area contributed by atoms with Gasteiger partial charge in [-0.05, 0) is 25.3 Å². The second kappa shape index (κ2) is 5.78. The molecule has 0 aliphatic heterocycles. The minimum atomic E-state index is -0.927. The van der Waals surface area contributed by atoms with Crippen LogP contribution in [0.4, 0.5) is 11.4 Å². The van der Waals surface area contributed by atoms with Gasteiger partial charge in [0.2, 0.25) is 5.91 Å². The Balaban J connectivity index is 2.08. The highest BCUT2D eigenvalue weighted by Gasteiger charge is 2.34. The zero-order chi connectivity index (χ0) is 15.6. The van der Waals surface area contributed by atoms with Crippen molar-refractivity contribution in [2.45, 2.75) is 19.3 Å². The largest absolute Gasteiger partial charge is 0.506 e. The van der Waals surface area contributed by atoms with Gasteiger partial charge in [0.15, 0.2) is 0 Å². The van der Waals surface area contributed by atoms with Crippen molar-refractivity contribution in [3.8, 4) is 5.75 Å². The molecule has 8 nitrogen and oxygen atoms in total. The number of nitro groups is 1. The van der Waals surface area contributed by atoms with Crippen molar-refractivity contribution < 1.29 is 24.7 Å². The summed E-state index contributed by atoms with van der Waals surface area (Å²) in [6.45, 7) is 0. The lowest BCUT2D eigenvalue weighted by Gasteiger charge is -2.11. The molecule has 8 heteroatoms. The third-order valence-corrected chi connectivity index (χ3v) is 3.60. The summed E-state index contributed by atoms with van der Waals surface area (Å²) in [6.07, 6.45) is 1.10. The number of amides is 1. The Labute approximate surface area is 119 Å². The first kappa shape index (κ1) is 14.8. The van der Waals surface area contributed by atoms with Gasteiger partial charge in [0, 0.05) is 18.1 Å². The van der Waals surface area contributed by atoms with Gasteiger partial charge in [0.1, 0.15) is 5.75 Å². The van der Waals surface area contributed by atoms with Gasteiger partial charge in [-0.15, -0.1) is 0 Å². The van der Waals surface area contributed by atoms with Gasteiger partial charge in [-0.2, -0.15) is 0 Å². The van der Waals surface area contributed by atoms with Gasteiger partial charge in [-0.1, -0.05) is 0 Å². The molecule has 2 atom stereocenters. The predicted octanol–water partition coefficient (Wildman–Crippen LogP) is 1.74. The topological polar surface area (TPSA) is 130 Å². The van der Waals surface area contributed by atoms with Crippen LogP contribution in [0.1, 0.15) is 19.3 Å². The zero-order valence-electron chi connectivity index (χ0n) is 11.0. The Kier molecular flexibility index (Phi) is 4.06. The molecule has 0 bridgehead atoms. The number of aliphatic carboxylic acids is 1. The maximum absolute atomic E-state index is 12.0. The van der Waals surface area contributed by atoms with E-state index in [9.17, 15) is 24.8 Å². The van der Waals surface area contributed by atoms with E-state index in [2.05, 4.69) is 5.32 Å². The number of carboxylic acid groups (broad SMARTS) is 1. The highest BCUT2D eigenvalue weighted by atomic mass is 16.6. The van der Waals surface area contributed by atoms with E-state index in [1.807, 2.05) is 0 Å². The molecule has 0 spiro atoms. The van der Waals surface area contributed by atoms with Crippen LogP contribution in [-0.2, 0) is 9.59 Å². The smallest absolute Gasteiger partial charge is 0.306 e. The van der Waals surface area contributed by atoms with E-state index in [1.54, 1.807) is 0 Å². The molecular weight excluding hydrogens is 280 g/mol. The molecular formula is C13H14N2O6. The number of anilines is 1. The average molecular weight is 294 g/mol. The SMILES string of the molecule is O=C(O)C1CCC(C(=O)Nc2cc([N+](=O)[O-])ccc2O)C1. The molecule has 3 N–H and O–H groups in total. The van der Waals surface area contributed by atoms with Crippen molar-refractivity contribution in [3.63, 3.8) is 0 Å². The fraction of sp³-hybridized carbons (Fsp3) is 0.385. The molecule has 0 saturated heterocycles. The maximum atomic E-state index is 12.0. The first-order valence-electron chi connectivity index (χ1n) is 6.39. The van der Waals surface area contributed by atoms with Crippen LogP contribution in [0.25, 0.3) is 0 Å². The molecule has 1 aliphatic carbocycles. The van der Waals surface area contributed by atoms with Gasteiger partial charge >= 0.3 is 5.97 Å². The monoisotopic (exact) mass is 294 g/mol. The number of benzene rings is 1. The van der Waals surface area contributed by atoms with E-state index in [1.165, 1.54) is 0 Å². The Morgan fingerprint density at radius 3 is 2.52 bits per heavy atom. The summed E-state index contributed by atoms with van der Waals surface area (Å²) < 4.78 is 0. The van der Waals surface area contributed by atoms with Crippen LogP contribution in [0.3, 0.4) is 0 Å². The molecule has 21 heavy (non-hydrogen) atoms.